The minimum atomic E-state index is -1.13. The zero-order valence-corrected chi connectivity index (χ0v) is 20.6. The fraction of sp³-hybridized carbons (Fsp3) is 0.360. The van der Waals surface area contributed by atoms with Crippen molar-refractivity contribution >= 4 is 29.0 Å². The van der Waals surface area contributed by atoms with Crippen LogP contribution in [0.3, 0.4) is 0 Å². The van der Waals surface area contributed by atoms with Crippen LogP contribution in [0.4, 0.5) is 17.2 Å². The van der Waals surface area contributed by atoms with Gasteiger partial charge in [-0.05, 0) is 44.9 Å². The maximum atomic E-state index is 13.4. The third-order valence-corrected chi connectivity index (χ3v) is 5.35. The molecule has 5 N–H and O–H groups in total. The number of aliphatic hydroxyl groups is 2. The summed E-state index contributed by atoms with van der Waals surface area (Å²) < 4.78 is 5.43. The topological polar surface area (TPSA) is 171 Å². The lowest BCUT2D eigenvalue weighted by atomic mass is 10.1. The fourth-order valence-corrected chi connectivity index (χ4v) is 3.38. The van der Waals surface area contributed by atoms with Crippen molar-refractivity contribution in [3.8, 4) is 5.75 Å². The van der Waals surface area contributed by atoms with Crippen LogP contribution in [0.1, 0.15) is 59.1 Å². The van der Waals surface area contributed by atoms with E-state index in [9.17, 15) is 14.7 Å². The third kappa shape index (κ3) is 7.18. The maximum Gasteiger partial charge on any atom is 0.278 e. The van der Waals surface area contributed by atoms with Crippen molar-refractivity contribution in [1.82, 2.24) is 25.3 Å². The summed E-state index contributed by atoms with van der Waals surface area (Å²) >= 11 is 0. The average Bonchev–Trinajstić information content (AvgIpc) is 3.72. The van der Waals surface area contributed by atoms with E-state index in [0.717, 1.165) is 18.5 Å². The van der Waals surface area contributed by atoms with Gasteiger partial charge in [0.15, 0.2) is 11.5 Å². The summed E-state index contributed by atoms with van der Waals surface area (Å²) in [4.78, 5) is 43.3. The second-order valence-corrected chi connectivity index (χ2v) is 9.25. The Bertz CT molecular complexity index is 1260. The van der Waals surface area contributed by atoms with E-state index < -0.39 is 17.4 Å². The first kappa shape index (κ1) is 25.9. The average molecular weight is 508 g/mol. The molecule has 2 aromatic heterocycles. The zero-order chi connectivity index (χ0) is 26.4. The molecule has 37 heavy (non-hydrogen) atoms. The molecule has 2 heterocycles. The quantitative estimate of drug-likeness (QED) is 0.258. The van der Waals surface area contributed by atoms with Crippen molar-refractivity contribution in [3.63, 3.8) is 0 Å². The summed E-state index contributed by atoms with van der Waals surface area (Å²) in [5, 5.41) is 27.5. The van der Waals surface area contributed by atoms with Crippen LogP contribution in [0.15, 0.2) is 43.1 Å². The number of benzene rings is 1. The Kier molecular flexibility index (Phi) is 7.89. The number of carbonyl (C=O) groups is 2. The lowest BCUT2D eigenvalue weighted by Gasteiger charge is -2.19. The molecule has 12 nitrogen and oxygen atoms in total. The van der Waals surface area contributed by atoms with Crippen LogP contribution in [0.2, 0.25) is 0 Å². The monoisotopic (exact) mass is 507 g/mol. The fourth-order valence-electron chi connectivity index (χ4n) is 3.38. The Morgan fingerprint density at radius 1 is 1.14 bits per heavy atom. The molecule has 3 aromatic rings. The first-order valence-corrected chi connectivity index (χ1v) is 11.8. The number of nitrogens with one attached hydrogen (secondary N) is 3. The molecule has 0 bridgehead atoms. The SMILES string of the molecule is CC(C)(O)CNC(=O)c1cc(OCCO)ccc1NC(=O)c1nc(C2CC2)cnc1Nc1cncnc1. The highest BCUT2D eigenvalue weighted by molar-refractivity contribution is 6.10. The number of hydrogen-bond donors (Lipinski definition) is 5. The highest BCUT2D eigenvalue weighted by Crippen LogP contribution is 2.39. The highest BCUT2D eigenvalue weighted by Gasteiger charge is 2.28. The van der Waals surface area contributed by atoms with E-state index in [1.807, 2.05) is 0 Å². The van der Waals surface area contributed by atoms with Crippen LogP contribution in [0.5, 0.6) is 5.75 Å². The molecule has 194 valence electrons. The molecule has 2 amide bonds. The number of anilines is 3. The van der Waals surface area contributed by atoms with Crippen molar-refractivity contribution in [3.05, 3.63) is 60.1 Å². The largest absolute Gasteiger partial charge is 0.491 e. The Morgan fingerprint density at radius 3 is 2.57 bits per heavy atom. The molecule has 0 atom stereocenters. The van der Waals surface area contributed by atoms with E-state index in [-0.39, 0.29) is 48.4 Å². The van der Waals surface area contributed by atoms with Crippen molar-refractivity contribution in [2.45, 2.75) is 38.2 Å². The molecule has 1 fully saturated rings. The van der Waals surface area contributed by atoms with Gasteiger partial charge in [-0.3, -0.25) is 9.59 Å². The van der Waals surface area contributed by atoms with Crippen molar-refractivity contribution in [2.24, 2.45) is 0 Å². The summed E-state index contributed by atoms with van der Waals surface area (Å²) in [6.07, 6.45) is 8.08. The van der Waals surface area contributed by atoms with E-state index in [4.69, 9.17) is 9.84 Å². The maximum absolute atomic E-state index is 13.4. The Labute approximate surface area is 213 Å². The van der Waals surface area contributed by atoms with Gasteiger partial charge in [0, 0.05) is 12.5 Å². The molecule has 1 aromatic carbocycles. The molecule has 12 heteroatoms. The van der Waals surface area contributed by atoms with Gasteiger partial charge in [0.25, 0.3) is 11.8 Å². The molecule has 0 aliphatic heterocycles. The van der Waals surface area contributed by atoms with Gasteiger partial charge < -0.3 is 30.9 Å². The number of rotatable bonds is 11. The number of ether oxygens (including phenoxy) is 1. The molecule has 0 saturated heterocycles. The Morgan fingerprint density at radius 2 is 1.89 bits per heavy atom. The van der Waals surface area contributed by atoms with Crippen LogP contribution in [-0.4, -0.2) is 67.3 Å². The number of carbonyl (C=O) groups excluding carboxylic acids is 2. The molecule has 0 unspecified atom stereocenters. The van der Waals surface area contributed by atoms with Crippen LogP contribution in [0.25, 0.3) is 0 Å². The van der Waals surface area contributed by atoms with Crippen molar-refractivity contribution < 1.29 is 24.5 Å². The van der Waals surface area contributed by atoms with Gasteiger partial charge in [-0.1, -0.05) is 0 Å². The molecule has 0 spiro atoms. The predicted molar refractivity (Wildman–Crippen MR) is 135 cm³/mol. The van der Waals surface area contributed by atoms with E-state index in [0.29, 0.717) is 11.4 Å². The molecule has 0 radical (unpaired) electrons. The van der Waals surface area contributed by atoms with E-state index in [1.165, 1.54) is 18.5 Å². The first-order chi connectivity index (χ1) is 17.7. The van der Waals surface area contributed by atoms with Crippen molar-refractivity contribution in [1.29, 1.82) is 0 Å². The lowest BCUT2D eigenvalue weighted by Crippen LogP contribution is -2.38. The first-order valence-electron chi connectivity index (χ1n) is 11.8. The smallest absolute Gasteiger partial charge is 0.278 e. The zero-order valence-electron chi connectivity index (χ0n) is 20.6. The van der Waals surface area contributed by atoms with Gasteiger partial charge >= 0.3 is 0 Å². The lowest BCUT2D eigenvalue weighted by molar-refractivity contribution is 0.0694. The minimum absolute atomic E-state index is 0.0108. The predicted octanol–water partition coefficient (Wildman–Crippen LogP) is 2.01. The summed E-state index contributed by atoms with van der Waals surface area (Å²) in [6, 6.07) is 4.56. The van der Waals surface area contributed by atoms with Gasteiger partial charge in [-0.25, -0.2) is 19.9 Å². The summed E-state index contributed by atoms with van der Waals surface area (Å²) in [7, 11) is 0. The summed E-state index contributed by atoms with van der Waals surface area (Å²) in [5.41, 5.74) is 0.493. The molecular formula is C25H29N7O5. The van der Waals surface area contributed by atoms with Gasteiger partial charge in [0.2, 0.25) is 0 Å². The van der Waals surface area contributed by atoms with Crippen molar-refractivity contribution in [2.75, 3.05) is 30.4 Å². The number of nitrogens with zero attached hydrogens (tertiary/aromatic N) is 4. The standard InChI is InChI=1S/C25H29N7O5/c1-25(2,36)13-29-23(34)18-9-17(37-8-7-33)5-6-19(18)32-24(35)21-22(30-16-10-26-14-27-11-16)28-12-20(31-21)15-3-4-15/h5-6,9-12,14-15,33,36H,3-4,7-8,13H2,1-2H3,(H,28,30)(H,29,34)(H,32,35). The highest BCUT2D eigenvalue weighted by atomic mass is 16.5. The van der Waals surface area contributed by atoms with E-state index >= 15 is 0 Å². The third-order valence-electron chi connectivity index (χ3n) is 5.35. The Hall–Kier alpha value is -4.16. The molecule has 1 saturated carbocycles. The second kappa shape index (κ2) is 11.3. The number of hydrogen-bond acceptors (Lipinski definition) is 10. The summed E-state index contributed by atoms with van der Waals surface area (Å²) in [5.74, 6) is -0.284. The van der Waals surface area contributed by atoms with Gasteiger partial charge in [0.05, 0.1) is 53.4 Å². The molecular weight excluding hydrogens is 478 g/mol. The van der Waals surface area contributed by atoms with Crippen LogP contribution < -0.4 is 20.7 Å². The molecule has 1 aliphatic carbocycles. The van der Waals surface area contributed by atoms with Gasteiger partial charge in [-0.2, -0.15) is 0 Å². The van der Waals surface area contributed by atoms with Crippen LogP contribution >= 0.6 is 0 Å². The summed E-state index contributed by atoms with van der Waals surface area (Å²) in [6.45, 7) is 2.96. The number of amides is 2. The molecule has 1 aliphatic rings. The normalized spacial score (nSPS) is 13.1. The van der Waals surface area contributed by atoms with Crippen LogP contribution in [0, 0.1) is 0 Å². The number of aliphatic hydroxyl groups excluding tert-OH is 1. The van der Waals surface area contributed by atoms with E-state index in [1.54, 1.807) is 38.5 Å². The van der Waals surface area contributed by atoms with Gasteiger partial charge in [0.1, 0.15) is 18.7 Å². The van der Waals surface area contributed by atoms with Crippen LogP contribution in [-0.2, 0) is 0 Å². The number of aromatic nitrogens is 4. The minimum Gasteiger partial charge on any atom is -0.491 e. The van der Waals surface area contributed by atoms with Gasteiger partial charge in [-0.15, -0.1) is 0 Å². The Balaban J connectivity index is 1.63. The second-order valence-electron chi connectivity index (χ2n) is 9.25. The van der Waals surface area contributed by atoms with E-state index in [2.05, 4.69) is 35.9 Å². The molecule has 4 rings (SSSR count).